The molecular weight excluding hydrogens is 242 g/mol. The number of pyridine rings is 1. The number of anilines is 1. The second-order valence-corrected chi connectivity index (χ2v) is 5.58. The SMILES string of the molecule is CC(O)c1ccc(N2CC(O)CC2CN(C)C)nc1. The molecule has 0 aromatic carbocycles. The van der Waals surface area contributed by atoms with Crippen LogP contribution in [0.25, 0.3) is 0 Å². The molecule has 0 amide bonds. The van der Waals surface area contributed by atoms with Gasteiger partial charge in [-0.1, -0.05) is 6.07 Å². The zero-order valence-electron chi connectivity index (χ0n) is 11.8. The molecule has 1 aliphatic heterocycles. The van der Waals surface area contributed by atoms with Crippen LogP contribution in [0, 0.1) is 0 Å². The Morgan fingerprint density at radius 1 is 1.47 bits per heavy atom. The van der Waals surface area contributed by atoms with Crippen molar-refractivity contribution in [2.45, 2.75) is 31.6 Å². The van der Waals surface area contributed by atoms with E-state index in [9.17, 15) is 10.2 Å². The van der Waals surface area contributed by atoms with Crippen molar-refractivity contribution >= 4 is 5.82 Å². The Kier molecular flexibility index (Phi) is 4.39. The number of aliphatic hydroxyl groups excluding tert-OH is 2. The van der Waals surface area contributed by atoms with Crippen LogP contribution < -0.4 is 4.90 Å². The monoisotopic (exact) mass is 265 g/mol. The zero-order chi connectivity index (χ0) is 14.0. The first kappa shape index (κ1) is 14.2. The van der Waals surface area contributed by atoms with Crippen molar-refractivity contribution in [3.8, 4) is 0 Å². The van der Waals surface area contributed by atoms with Crippen LogP contribution in [0.4, 0.5) is 5.82 Å². The predicted octanol–water partition coefficient (Wildman–Crippen LogP) is 0.636. The maximum absolute atomic E-state index is 9.86. The van der Waals surface area contributed by atoms with Gasteiger partial charge in [-0.25, -0.2) is 4.98 Å². The number of aromatic nitrogens is 1. The van der Waals surface area contributed by atoms with E-state index >= 15 is 0 Å². The van der Waals surface area contributed by atoms with Crippen LogP contribution in [0.2, 0.25) is 0 Å². The molecular formula is C14H23N3O2. The summed E-state index contributed by atoms with van der Waals surface area (Å²) >= 11 is 0. The van der Waals surface area contributed by atoms with Crippen molar-refractivity contribution in [1.29, 1.82) is 0 Å². The number of aliphatic hydroxyl groups is 2. The third-order valence-electron chi connectivity index (χ3n) is 3.52. The average molecular weight is 265 g/mol. The molecule has 0 saturated carbocycles. The van der Waals surface area contributed by atoms with E-state index < -0.39 is 6.10 Å². The normalized spacial score (nSPS) is 25.1. The first-order valence-corrected chi connectivity index (χ1v) is 6.71. The molecule has 2 N–H and O–H groups in total. The molecule has 1 aromatic rings. The summed E-state index contributed by atoms with van der Waals surface area (Å²) in [6.45, 7) is 3.25. The van der Waals surface area contributed by atoms with Crippen LogP contribution >= 0.6 is 0 Å². The minimum atomic E-state index is -0.497. The highest BCUT2D eigenvalue weighted by atomic mass is 16.3. The van der Waals surface area contributed by atoms with Gasteiger partial charge in [-0.2, -0.15) is 0 Å². The maximum Gasteiger partial charge on any atom is 0.128 e. The lowest BCUT2D eigenvalue weighted by Crippen LogP contribution is -2.38. The summed E-state index contributed by atoms with van der Waals surface area (Å²) in [5.41, 5.74) is 0.813. The molecule has 0 bridgehead atoms. The third-order valence-corrected chi connectivity index (χ3v) is 3.52. The van der Waals surface area contributed by atoms with Gasteiger partial charge in [-0.15, -0.1) is 0 Å². The highest BCUT2D eigenvalue weighted by Gasteiger charge is 2.31. The standard InChI is InChI=1S/C14H23N3O2/c1-10(18)11-4-5-14(15-7-11)17-9-13(19)6-12(17)8-16(2)3/h4-5,7,10,12-13,18-19H,6,8-9H2,1-3H3. The van der Waals surface area contributed by atoms with Crippen molar-refractivity contribution in [2.24, 2.45) is 0 Å². The Labute approximate surface area is 114 Å². The average Bonchev–Trinajstić information content (AvgIpc) is 2.69. The van der Waals surface area contributed by atoms with E-state index in [1.54, 1.807) is 13.1 Å². The van der Waals surface area contributed by atoms with Gasteiger partial charge in [0.2, 0.25) is 0 Å². The number of hydrogen-bond acceptors (Lipinski definition) is 5. The molecule has 2 rings (SSSR count). The summed E-state index contributed by atoms with van der Waals surface area (Å²) in [6, 6.07) is 4.10. The number of β-amino-alcohol motifs (C(OH)–C–C–N with tert-alkyl or cyclic N) is 1. The molecule has 1 aliphatic rings. The Morgan fingerprint density at radius 2 is 2.21 bits per heavy atom. The van der Waals surface area contributed by atoms with E-state index in [-0.39, 0.29) is 12.1 Å². The van der Waals surface area contributed by atoms with Gasteiger partial charge in [0, 0.05) is 25.3 Å². The molecule has 106 valence electrons. The highest BCUT2D eigenvalue weighted by molar-refractivity contribution is 5.43. The third kappa shape index (κ3) is 3.43. The molecule has 1 fully saturated rings. The van der Waals surface area contributed by atoms with Gasteiger partial charge in [0.05, 0.1) is 12.2 Å². The van der Waals surface area contributed by atoms with Crippen LogP contribution in [0.5, 0.6) is 0 Å². The quantitative estimate of drug-likeness (QED) is 0.836. The fourth-order valence-corrected chi connectivity index (χ4v) is 2.58. The van der Waals surface area contributed by atoms with Gasteiger partial charge in [-0.05, 0) is 39.1 Å². The van der Waals surface area contributed by atoms with Gasteiger partial charge in [0.25, 0.3) is 0 Å². The Bertz CT molecular complexity index is 406. The lowest BCUT2D eigenvalue weighted by atomic mass is 10.2. The Morgan fingerprint density at radius 3 is 2.74 bits per heavy atom. The summed E-state index contributed by atoms with van der Waals surface area (Å²) in [6.07, 6.45) is 1.70. The molecule has 1 saturated heterocycles. The van der Waals surface area contributed by atoms with Gasteiger partial charge in [0.1, 0.15) is 5.82 Å². The number of hydrogen-bond donors (Lipinski definition) is 2. The van der Waals surface area contributed by atoms with Gasteiger partial charge in [0.15, 0.2) is 0 Å². The molecule has 0 radical (unpaired) electrons. The van der Waals surface area contributed by atoms with Gasteiger partial charge >= 0.3 is 0 Å². The smallest absolute Gasteiger partial charge is 0.128 e. The molecule has 0 spiro atoms. The molecule has 1 aromatic heterocycles. The van der Waals surface area contributed by atoms with Crippen LogP contribution in [-0.4, -0.2) is 59.4 Å². The number of likely N-dealkylation sites (N-methyl/N-ethyl adjacent to an activating group) is 1. The molecule has 19 heavy (non-hydrogen) atoms. The van der Waals surface area contributed by atoms with Crippen molar-refractivity contribution in [3.63, 3.8) is 0 Å². The van der Waals surface area contributed by atoms with E-state index in [0.29, 0.717) is 6.54 Å². The molecule has 0 aliphatic carbocycles. The van der Waals surface area contributed by atoms with Crippen LogP contribution in [0.3, 0.4) is 0 Å². The molecule has 5 heteroatoms. The minimum Gasteiger partial charge on any atom is -0.391 e. The minimum absolute atomic E-state index is 0.287. The first-order chi connectivity index (χ1) is 8.97. The molecule has 3 atom stereocenters. The van der Waals surface area contributed by atoms with Crippen molar-refractivity contribution < 1.29 is 10.2 Å². The van der Waals surface area contributed by atoms with E-state index in [1.165, 1.54) is 0 Å². The summed E-state index contributed by atoms with van der Waals surface area (Å²) in [5.74, 6) is 0.868. The van der Waals surface area contributed by atoms with Crippen molar-refractivity contribution in [1.82, 2.24) is 9.88 Å². The second kappa shape index (κ2) is 5.86. The maximum atomic E-state index is 9.86. The highest BCUT2D eigenvalue weighted by Crippen LogP contribution is 2.25. The summed E-state index contributed by atoms with van der Waals surface area (Å²) in [7, 11) is 4.07. The van der Waals surface area contributed by atoms with E-state index in [1.807, 2.05) is 26.2 Å². The van der Waals surface area contributed by atoms with E-state index in [0.717, 1.165) is 24.3 Å². The van der Waals surface area contributed by atoms with Crippen LogP contribution in [-0.2, 0) is 0 Å². The largest absolute Gasteiger partial charge is 0.391 e. The second-order valence-electron chi connectivity index (χ2n) is 5.58. The number of nitrogens with zero attached hydrogens (tertiary/aromatic N) is 3. The predicted molar refractivity (Wildman–Crippen MR) is 75.2 cm³/mol. The summed E-state index contributed by atoms with van der Waals surface area (Å²) in [4.78, 5) is 8.68. The van der Waals surface area contributed by atoms with Crippen molar-refractivity contribution in [3.05, 3.63) is 23.9 Å². The fourth-order valence-electron chi connectivity index (χ4n) is 2.58. The zero-order valence-corrected chi connectivity index (χ0v) is 11.8. The molecule has 3 unspecified atom stereocenters. The van der Waals surface area contributed by atoms with Gasteiger partial charge < -0.3 is 20.0 Å². The fraction of sp³-hybridized carbons (Fsp3) is 0.643. The molecule has 5 nitrogen and oxygen atoms in total. The summed E-state index contributed by atoms with van der Waals surface area (Å²) in [5, 5.41) is 19.4. The van der Waals surface area contributed by atoms with Gasteiger partial charge in [-0.3, -0.25) is 0 Å². The topological polar surface area (TPSA) is 59.8 Å². The first-order valence-electron chi connectivity index (χ1n) is 6.71. The van der Waals surface area contributed by atoms with Crippen molar-refractivity contribution in [2.75, 3.05) is 32.1 Å². The van der Waals surface area contributed by atoms with Crippen LogP contribution in [0.1, 0.15) is 25.0 Å². The van der Waals surface area contributed by atoms with Crippen LogP contribution in [0.15, 0.2) is 18.3 Å². The van der Waals surface area contributed by atoms with E-state index in [2.05, 4.69) is 14.8 Å². The Balaban J connectivity index is 2.14. The lowest BCUT2D eigenvalue weighted by molar-refractivity contribution is 0.191. The Hall–Kier alpha value is -1.17. The summed E-state index contributed by atoms with van der Waals surface area (Å²) < 4.78 is 0. The van der Waals surface area contributed by atoms with E-state index in [4.69, 9.17) is 0 Å². The molecule has 2 heterocycles. The number of rotatable bonds is 4. The lowest BCUT2D eigenvalue weighted by Gasteiger charge is -2.27.